The van der Waals surface area contributed by atoms with Gasteiger partial charge in [-0.1, -0.05) is 37.6 Å². The fraction of sp³-hybridized carbons (Fsp3) is 0.308. The minimum absolute atomic E-state index is 0.604. The predicted molar refractivity (Wildman–Crippen MR) is 67.5 cm³/mol. The molecule has 84 valence electrons. The molecule has 0 aliphatic rings. The van der Waals surface area contributed by atoms with Crippen LogP contribution in [-0.2, 0) is 6.54 Å². The highest BCUT2D eigenvalue weighted by atomic mass is 35.5. The average molecular weight is 235 g/mol. The van der Waals surface area contributed by atoms with Gasteiger partial charge in [0.15, 0.2) is 0 Å². The molecule has 2 aromatic rings. The van der Waals surface area contributed by atoms with Gasteiger partial charge in [0.25, 0.3) is 0 Å². The van der Waals surface area contributed by atoms with Gasteiger partial charge in [0.1, 0.15) is 0 Å². The second kappa shape index (κ2) is 4.71. The molecular formula is C13H15ClN2. The molecule has 0 saturated carbocycles. The summed E-state index contributed by atoms with van der Waals surface area (Å²) < 4.78 is 1.97. The quantitative estimate of drug-likeness (QED) is 0.789. The molecule has 0 atom stereocenters. The molecule has 1 heterocycles. The molecule has 1 aromatic heterocycles. The molecule has 0 aliphatic carbocycles. The van der Waals surface area contributed by atoms with E-state index in [1.54, 1.807) is 0 Å². The lowest BCUT2D eigenvalue weighted by Gasteiger charge is -2.03. The zero-order chi connectivity index (χ0) is 11.5. The highest BCUT2D eigenvalue weighted by Gasteiger charge is 2.03. The van der Waals surface area contributed by atoms with E-state index < -0.39 is 0 Å². The Balaban J connectivity index is 2.24. The van der Waals surface area contributed by atoms with Crippen molar-refractivity contribution in [1.29, 1.82) is 0 Å². The Labute approximate surface area is 101 Å². The van der Waals surface area contributed by atoms with Crippen molar-refractivity contribution in [1.82, 2.24) is 9.78 Å². The van der Waals surface area contributed by atoms with Crippen molar-refractivity contribution in [2.75, 3.05) is 0 Å². The first kappa shape index (κ1) is 11.2. The summed E-state index contributed by atoms with van der Waals surface area (Å²) in [5, 5.41) is 5.09. The third kappa shape index (κ3) is 2.64. The molecule has 0 aliphatic heterocycles. The monoisotopic (exact) mass is 234 g/mol. The SMILES string of the molecule is CC(C)Cn1cc(-c2cccc(Cl)c2)cn1. The maximum absolute atomic E-state index is 5.96. The Morgan fingerprint density at radius 1 is 1.31 bits per heavy atom. The van der Waals surface area contributed by atoms with Crippen molar-refractivity contribution in [2.45, 2.75) is 20.4 Å². The van der Waals surface area contributed by atoms with E-state index in [1.807, 2.05) is 35.1 Å². The summed E-state index contributed by atoms with van der Waals surface area (Å²) in [4.78, 5) is 0. The van der Waals surface area contributed by atoms with Gasteiger partial charge in [0, 0.05) is 23.3 Å². The zero-order valence-corrected chi connectivity index (χ0v) is 10.3. The van der Waals surface area contributed by atoms with Crippen molar-refractivity contribution in [3.63, 3.8) is 0 Å². The second-order valence-corrected chi connectivity index (χ2v) is 4.79. The fourth-order valence-electron chi connectivity index (χ4n) is 1.65. The smallest absolute Gasteiger partial charge is 0.0568 e. The van der Waals surface area contributed by atoms with Gasteiger partial charge >= 0.3 is 0 Å². The molecular weight excluding hydrogens is 220 g/mol. The third-order valence-corrected chi connectivity index (χ3v) is 2.58. The summed E-state index contributed by atoms with van der Waals surface area (Å²) in [6.07, 6.45) is 3.94. The van der Waals surface area contributed by atoms with Gasteiger partial charge < -0.3 is 0 Å². The minimum atomic E-state index is 0.604. The number of aromatic nitrogens is 2. The molecule has 1 aromatic carbocycles. The van der Waals surface area contributed by atoms with Crippen LogP contribution in [-0.4, -0.2) is 9.78 Å². The van der Waals surface area contributed by atoms with Crippen molar-refractivity contribution in [2.24, 2.45) is 5.92 Å². The fourth-order valence-corrected chi connectivity index (χ4v) is 1.84. The third-order valence-electron chi connectivity index (χ3n) is 2.34. The van der Waals surface area contributed by atoms with Crippen LogP contribution < -0.4 is 0 Å². The van der Waals surface area contributed by atoms with E-state index >= 15 is 0 Å². The Kier molecular flexibility index (Phi) is 3.30. The van der Waals surface area contributed by atoms with Crippen LogP contribution in [0.15, 0.2) is 36.7 Å². The summed E-state index contributed by atoms with van der Waals surface area (Å²) >= 11 is 5.96. The molecule has 0 radical (unpaired) electrons. The lowest BCUT2D eigenvalue weighted by atomic mass is 10.1. The molecule has 0 fully saturated rings. The van der Waals surface area contributed by atoms with E-state index in [0.717, 1.165) is 22.7 Å². The number of hydrogen-bond acceptors (Lipinski definition) is 1. The first-order valence-electron chi connectivity index (χ1n) is 5.43. The minimum Gasteiger partial charge on any atom is -0.272 e. The summed E-state index contributed by atoms with van der Waals surface area (Å²) in [7, 11) is 0. The first-order chi connectivity index (χ1) is 7.65. The van der Waals surface area contributed by atoms with Crippen LogP contribution in [0.3, 0.4) is 0 Å². The zero-order valence-electron chi connectivity index (χ0n) is 9.52. The van der Waals surface area contributed by atoms with Gasteiger partial charge in [0.05, 0.1) is 6.20 Å². The predicted octanol–water partition coefficient (Wildman–Crippen LogP) is 3.86. The van der Waals surface area contributed by atoms with Crippen LogP contribution in [0.2, 0.25) is 5.02 Å². The molecule has 0 N–H and O–H groups in total. The highest BCUT2D eigenvalue weighted by molar-refractivity contribution is 6.30. The van der Waals surface area contributed by atoms with Crippen molar-refractivity contribution >= 4 is 11.6 Å². The number of benzene rings is 1. The van der Waals surface area contributed by atoms with Gasteiger partial charge in [-0.25, -0.2) is 0 Å². The molecule has 0 bridgehead atoms. The highest BCUT2D eigenvalue weighted by Crippen LogP contribution is 2.22. The van der Waals surface area contributed by atoms with Crippen LogP contribution >= 0.6 is 11.6 Å². The summed E-state index contributed by atoms with van der Waals surface area (Å²) in [6.45, 7) is 5.31. The van der Waals surface area contributed by atoms with Gasteiger partial charge in [-0.15, -0.1) is 0 Å². The normalized spacial score (nSPS) is 11.0. The lowest BCUT2D eigenvalue weighted by molar-refractivity contribution is 0.483. The van der Waals surface area contributed by atoms with Crippen molar-refractivity contribution in [3.05, 3.63) is 41.7 Å². The van der Waals surface area contributed by atoms with E-state index in [1.165, 1.54) is 0 Å². The van der Waals surface area contributed by atoms with Gasteiger partial charge in [-0.05, 0) is 23.6 Å². The first-order valence-corrected chi connectivity index (χ1v) is 5.81. The average Bonchev–Trinajstić information content (AvgIpc) is 2.65. The number of hydrogen-bond donors (Lipinski definition) is 0. The van der Waals surface area contributed by atoms with Crippen LogP contribution in [0, 0.1) is 5.92 Å². The van der Waals surface area contributed by atoms with Crippen LogP contribution in [0.25, 0.3) is 11.1 Å². The second-order valence-electron chi connectivity index (χ2n) is 4.36. The van der Waals surface area contributed by atoms with E-state index in [-0.39, 0.29) is 0 Å². The van der Waals surface area contributed by atoms with E-state index in [0.29, 0.717) is 5.92 Å². The maximum Gasteiger partial charge on any atom is 0.0568 e. The molecule has 2 nitrogen and oxygen atoms in total. The Hall–Kier alpha value is -1.28. The molecule has 0 amide bonds. The summed E-state index contributed by atoms with van der Waals surface area (Å²) in [5.74, 6) is 0.604. The van der Waals surface area contributed by atoms with Gasteiger partial charge in [-0.2, -0.15) is 5.10 Å². The lowest BCUT2D eigenvalue weighted by Crippen LogP contribution is -2.03. The molecule has 0 unspecified atom stereocenters. The van der Waals surface area contributed by atoms with Crippen LogP contribution in [0.5, 0.6) is 0 Å². The molecule has 0 spiro atoms. The van der Waals surface area contributed by atoms with Crippen molar-refractivity contribution < 1.29 is 0 Å². The summed E-state index contributed by atoms with van der Waals surface area (Å²) in [6, 6.07) is 7.84. The number of rotatable bonds is 3. The van der Waals surface area contributed by atoms with Gasteiger partial charge in [0.2, 0.25) is 0 Å². The molecule has 3 heteroatoms. The Morgan fingerprint density at radius 2 is 2.12 bits per heavy atom. The summed E-state index contributed by atoms with van der Waals surface area (Å²) in [5.41, 5.74) is 2.23. The van der Waals surface area contributed by atoms with E-state index in [9.17, 15) is 0 Å². The molecule has 16 heavy (non-hydrogen) atoms. The topological polar surface area (TPSA) is 17.8 Å². The Morgan fingerprint density at radius 3 is 2.81 bits per heavy atom. The van der Waals surface area contributed by atoms with Crippen LogP contribution in [0.1, 0.15) is 13.8 Å². The van der Waals surface area contributed by atoms with Crippen LogP contribution in [0.4, 0.5) is 0 Å². The maximum atomic E-state index is 5.96. The van der Waals surface area contributed by atoms with Crippen molar-refractivity contribution in [3.8, 4) is 11.1 Å². The molecule has 2 rings (SSSR count). The standard InChI is InChI=1S/C13H15ClN2/c1-10(2)8-16-9-12(7-15-16)11-4-3-5-13(14)6-11/h3-7,9-10H,8H2,1-2H3. The Bertz CT molecular complexity index is 474. The van der Waals surface area contributed by atoms with E-state index in [2.05, 4.69) is 25.1 Å². The number of halogens is 1. The van der Waals surface area contributed by atoms with E-state index in [4.69, 9.17) is 11.6 Å². The van der Waals surface area contributed by atoms with Gasteiger partial charge in [-0.3, -0.25) is 4.68 Å². The largest absolute Gasteiger partial charge is 0.272 e. The number of nitrogens with zero attached hydrogens (tertiary/aromatic N) is 2. The molecule has 0 saturated heterocycles.